The van der Waals surface area contributed by atoms with Gasteiger partial charge in [-0.1, -0.05) is 11.6 Å². The van der Waals surface area contributed by atoms with E-state index in [2.05, 4.69) is 5.32 Å². The van der Waals surface area contributed by atoms with Crippen LogP contribution in [0.5, 0.6) is 0 Å². The summed E-state index contributed by atoms with van der Waals surface area (Å²) < 4.78 is 0. The SMILES string of the molecule is CNc1c(Cl)cc(C(=O)N2CCCCC2)cc1[N+](=O)[O-]. The van der Waals surface area contributed by atoms with Crippen molar-refractivity contribution >= 4 is 28.9 Å². The quantitative estimate of drug-likeness (QED) is 0.687. The molecule has 1 aliphatic rings. The van der Waals surface area contributed by atoms with Crippen molar-refractivity contribution in [3.8, 4) is 0 Å². The Morgan fingerprint density at radius 2 is 2.00 bits per heavy atom. The number of piperidine rings is 1. The van der Waals surface area contributed by atoms with Crippen molar-refractivity contribution < 1.29 is 9.72 Å². The van der Waals surface area contributed by atoms with Gasteiger partial charge < -0.3 is 10.2 Å². The zero-order valence-electron chi connectivity index (χ0n) is 11.2. The maximum absolute atomic E-state index is 12.4. The van der Waals surface area contributed by atoms with Crippen molar-refractivity contribution in [1.29, 1.82) is 0 Å². The van der Waals surface area contributed by atoms with Gasteiger partial charge in [-0.25, -0.2) is 0 Å². The van der Waals surface area contributed by atoms with E-state index < -0.39 is 4.92 Å². The minimum absolute atomic E-state index is 0.180. The van der Waals surface area contributed by atoms with Crippen LogP contribution in [0.25, 0.3) is 0 Å². The molecule has 0 aromatic heterocycles. The van der Waals surface area contributed by atoms with Crippen LogP contribution in [-0.4, -0.2) is 35.9 Å². The molecule has 0 unspecified atom stereocenters. The molecule has 0 radical (unpaired) electrons. The summed E-state index contributed by atoms with van der Waals surface area (Å²) in [5, 5.41) is 13.9. The average Bonchev–Trinajstić information content (AvgIpc) is 2.46. The molecule has 7 heteroatoms. The highest BCUT2D eigenvalue weighted by Gasteiger charge is 2.24. The third kappa shape index (κ3) is 2.85. The lowest BCUT2D eigenvalue weighted by atomic mass is 10.1. The third-order valence-electron chi connectivity index (χ3n) is 3.41. The number of anilines is 1. The highest BCUT2D eigenvalue weighted by atomic mass is 35.5. The minimum Gasteiger partial charge on any atom is -0.381 e. The van der Waals surface area contributed by atoms with Crippen LogP contribution in [0.2, 0.25) is 5.02 Å². The van der Waals surface area contributed by atoms with E-state index in [1.807, 2.05) is 0 Å². The van der Waals surface area contributed by atoms with Crippen molar-refractivity contribution in [3.63, 3.8) is 0 Å². The lowest BCUT2D eigenvalue weighted by Gasteiger charge is -2.26. The molecule has 1 heterocycles. The number of likely N-dealkylation sites (tertiary alicyclic amines) is 1. The van der Waals surface area contributed by atoms with Gasteiger partial charge in [0.2, 0.25) is 0 Å². The second-order valence-corrected chi connectivity index (χ2v) is 5.12. The van der Waals surface area contributed by atoms with E-state index >= 15 is 0 Å². The number of hydrogen-bond donors (Lipinski definition) is 1. The molecule has 0 spiro atoms. The number of rotatable bonds is 3. The highest BCUT2D eigenvalue weighted by Crippen LogP contribution is 2.33. The largest absolute Gasteiger partial charge is 0.381 e. The topological polar surface area (TPSA) is 75.5 Å². The first-order chi connectivity index (χ1) is 9.54. The number of halogens is 1. The fourth-order valence-electron chi connectivity index (χ4n) is 2.39. The van der Waals surface area contributed by atoms with Crippen molar-refractivity contribution in [2.24, 2.45) is 0 Å². The number of nitro benzene ring substituents is 1. The Balaban J connectivity index is 2.36. The van der Waals surface area contributed by atoms with Crippen LogP contribution in [0, 0.1) is 10.1 Å². The van der Waals surface area contributed by atoms with Crippen molar-refractivity contribution in [2.75, 3.05) is 25.5 Å². The number of amides is 1. The van der Waals surface area contributed by atoms with Crippen LogP contribution in [0.3, 0.4) is 0 Å². The molecule has 1 aromatic carbocycles. The van der Waals surface area contributed by atoms with Gasteiger partial charge in [0.05, 0.1) is 9.95 Å². The number of nitro groups is 1. The molecule has 1 amide bonds. The van der Waals surface area contributed by atoms with E-state index in [1.165, 1.54) is 12.1 Å². The molecule has 20 heavy (non-hydrogen) atoms. The first kappa shape index (κ1) is 14.6. The second-order valence-electron chi connectivity index (χ2n) is 4.71. The predicted octanol–water partition coefficient (Wildman–Crippen LogP) is 2.92. The molecule has 1 aliphatic heterocycles. The highest BCUT2D eigenvalue weighted by molar-refractivity contribution is 6.34. The van der Waals surface area contributed by atoms with Gasteiger partial charge in [-0.3, -0.25) is 14.9 Å². The Labute approximate surface area is 121 Å². The molecule has 1 aromatic rings. The van der Waals surface area contributed by atoms with Crippen LogP contribution >= 0.6 is 11.6 Å². The van der Waals surface area contributed by atoms with Gasteiger partial charge >= 0.3 is 0 Å². The van der Waals surface area contributed by atoms with Crippen LogP contribution in [0.4, 0.5) is 11.4 Å². The Morgan fingerprint density at radius 1 is 1.35 bits per heavy atom. The molecule has 2 rings (SSSR count). The summed E-state index contributed by atoms with van der Waals surface area (Å²) in [5.41, 5.74) is 0.315. The number of carbonyl (C=O) groups is 1. The van der Waals surface area contributed by atoms with Crippen LogP contribution in [0.1, 0.15) is 29.6 Å². The van der Waals surface area contributed by atoms with E-state index in [-0.39, 0.29) is 27.9 Å². The fraction of sp³-hybridized carbons (Fsp3) is 0.462. The summed E-state index contributed by atoms with van der Waals surface area (Å²) in [6.45, 7) is 1.38. The van der Waals surface area contributed by atoms with Crippen LogP contribution < -0.4 is 5.32 Å². The standard InChI is InChI=1S/C13H16ClN3O3/c1-15-12-10(14)7-9(8-11(12)17(19)20)13(18)16-5-3-2-4-6-16/h7-8,15H,2-6H2,1H3. The van der Waals surface area contributed by atoms with Crippen molar-refractivity contribution in [1.82, 2.24) is 4.90 Å². The number of hydrogen-bond acceptors (Lipinski definition) is 4. The molecule has 0 bridgehead atoms. The number of nitrogens with zero attached hydrogens (tertiary/aromatic N) is 2. The van der Waals surface area contributed by atoms with E-state index in [4.69, 9.17) is 11.6 Å². The fourth-order valence-corrected chi connectivity index (χ4v) is 2.70. The van der Waals surface area contributed by atoms with E-state index in [9.17, 15) is 14.9 Å². The monoisotopic (exact) mass is 297 g/mol. The first-order valence-corrected chi connectivity index (χ1v) is 6.87. The molecule has 6 nitrogen and oxygen atoms in total. The van der Waals surface area contributed by atoms with Crippen LogP contribution in [-0.2, 0) is 0 Å². The van der Waals surface area contributed by atoms with E-state index in [0.29, 0.717) is 13.1 Å². The van der Waals surface area contributed by atoms with Gasteiger partial charge in [-0.2, -0.15) is 0 Å². The first-order valence-electron chi connectivity index (χ1n) is 6.49. The Bertz CT molecular complexity index is 542. The van der Waals surface area contributed by atoms with Gasteiger partial charge in [0.15, 0.2) is 0 Å². The van der Waals surface area contributed by atoms with Gasteiger partial charge in [-0.15, -0.1) is 0 Å². The molecule has 1 N–H and O–H groups in total. The number of nitrogens with one attached hydrogen (secondary N) is 1. The summed E-state index contributed by atoms with van der Waals surface area (Å²) in [5.74, 6) is -0.197. The third-order valence-corrected chi connectivity index (χ3v) is 3.70. The van der Waals surface area contributed by atoms with E-state index in [1.54, 1.807) is 11.9 Å². The Morgan fingerprint density at radius 3 is 2.55 bits per heavy atom. The molecule has 0 aliphatic carbocycles. The summed E-state index contributed by atoms with van der Waals surface area (Å²) >= 11 is 6.02. The summed E-state index contributed by atoms with van der Waals surface area (Å²) in [6.07, 6.45) is 3.05. The van der Waals surface area contributed by atoms with Gasteiger partial charge in [0, 0.05) is 31.8 Å². The second kappa shape index (κ2) is 6.09. The number of benzene rings is 1. The van der Waals surface area contributed by atoms with Crippen molar-refractivity contribution in [2.45, 2.75) is 19.3 Å². The number of carbonyl (C=O) groups excluding carboxylic acids is 1. The zero-order valence-corrected chi connectivity index (χ0v) is 11.9. The predicted molar refractivity (Wildman–Crippen MR) is 77.4 cm³/mol. The van der Waals surface area contributed by atoms with E-state index in [0.717, 1.165) is 19.3 Å². The summed E-state index contributed by atoms with van der Waals surface area (Å²) in [7, 11) is 1.56. The molecule has 0 atom stereocenters. The molecule has 1 saturated heterocycles. The lowest BCUT2D eigenvalue weighted by Crippen LogP contribution is -2.35. The van der Waals surface area contributed by atoms with Gasteiger partial charge in [0.1, 0.15) is 5.69 Å². The Hall–Kier alpha value is -1.82. The lowest BCUT2D eigenvalue weighted by molar-refractivity contribution is -0.384. The molecular weight excluding hydrogens is 282 g/mol. The summed E-state index contributed by atoms with van der Waals surface area (Å²) in [6, 6.07) is 2.77. The smallest absolute Gasteiger partial charge is 0.294 e. The van der Waals surface area contributed by atoms with Gasteiger partial charge in [0.25, 0.3) is 11.6 Å². The molecule has 1 fully saturated rings. The van der Waals surface area contributed by atoms with Crippen molar-refractivity contribution in [3.05, 3.63) is 32.8 Å². The zero-order chi connectivity index (χ0) is 14.7. The molecule has 108 valence electrons. The van der Waals surface area contributed by atoms with Gasteiger partial charge in [-0.05, 0) is 25.3 Å². The summed E-state index contributed by atoms with van der Waals surface area (Å²) in [4.78, 5) is 24.6. The van der Waals surface area contributed by atoms with Crippen LogP contribution in [0.15, 0.2) is 12.1 Å². The minimum atomic E-state index is -0.537. The average molecular weight is 298 g/mol. The maximum Gasteiger partial charge on any atom is 0.294 e. The maximum atomic E-state index is 12.4. The molecule has 0 saturated carbocycles. The molecular formula is C13H16ClN3O3. The normalized spacial score (nSPS) is 15.0. The Kier molecular flexibility index (Phi) is 4.44.